The SMILES string of the molecule is NNC(c1cccc(F)c1)c1cccc(C2CCC2)c1. The maximum absolute atomic E-state index is 13.4. The van der Waals surface area contributed by atoms with E-state index in [1.165, 1.54) is 37.0 Å². The maximum atomic E-state index is 13.4. The lowest BCUT2D eigenvalue weighted by Gasteiger charge is -2.27. The van der Waals surface area contributed by atoms with Gasteiger partial charge in [0.05, 0.1) is 6.04 Å². The molecule has 0 amide bonds. The average molecular weight is 270 g/mol. The van der Waals surface area contributed by atoms with Crippen LogP contribution in [0.5, 0.6) is 0 Å². The molecule has 0 aromatic heterocycles. The summed E-state index contributed by atoms with van der Waals surface area (Å²) >= 11 is 0. The van der Waals surface area contributed by atoms with Crippen LogP contribution in [0.4, 0.5) is 4.39 Å². The Hall–Kier alpha value is -1.71. The summed E-state index contributed by atoms with van der Waals surface area (Å²) in [5, 5.41) is 0. The summed E-state index contributed by atoms with van der Waals surface area (Å²) in [5.74, 6) is 6.13. The molecule has 0 radical (unpaired) electrons. The van der Waals surface area contributed by atoms with E-state index in [2.05, 4.69) is 23.6 Å². The van der Waals surface area contributed by atoms with Gasteiger partial charge in [0.2, 0.25) is 0 Å². The lowest BCUT2D eigenvalue weighted by Crippen LogP contribution is -2.29. The summed E-state index contributed by atoms with van der Waals surface area (Å²) in [6.07, 6.45) is 3.85. The summed E-state index contributed by atoms with van der Waals surface area (Å²) in [5.41, 5.74) is 6.09. The minimum atomic E-state index is -0.238. The molecule has 0 heterocycles. The van der Waals surface area contributed by atoms with E-state index in [0.717, 1.165) is 11.1 Å². The van der Waals surface area contributed by atoms with Crippen LogP contribution in [0.25, 0.3) is 0 Å². The van der Waals surface area contributed by atoms with Crippen LogP contribution in [-0.2, 0) is 0 Å². The third-order valence-corrected chi connectivity index (χ3v) is 4.17. The van der Waals surface area contributed by atoms with Crippen molar-refractivity contribution in [3.8, 4) is 0 Å². The van der Waals surface area contributed by atoms with E-state index < -0.39 is 0 Å². The zero-order valence-electron chi connectivity index (χ0n) is 11.4. The molecule has 20 heavy (non-hydrogen) atoms. The smallest absolute Gasteiger partial charge is 0.123 e. The highest BCUT2D eigenvalue weighted by Crippen LogP contribution is 2.37. The van der Waals surface area contributed by atoms with Gasteiger partial charge in [-0.25, -0.2) is 9.82 Å². The first kappa shape index (κ1) is 13.3. The van der Waals surface area contributed by atoms with Crippen LogP contribution >= 0.6 is 0 Å². The standard InChI is InChI=1S/C17H19FN2/c18-16-9-3-8-15(11-16)17(20-19)14-7-2-6-13(10-14)12-4-1-5-12/h2-3,6-12,17,20H,1,4-5,19H2. The zero-order valence-corrected chi connectivity index (χ0v) is 11.4. The molecule has 1 unspecified atom stereocenters. The van der Waals surface area contributed by atoms with E-state index in [4.69, 9.17) is 5.84 Å². The Kier molecular flexibility index (Phi) is 3.81. The Bertz CT molecular complexity index is 593. The first-order valence-corrected chi connectivity index (χ1v) is 7.09. The summed E-state index contributed by atoms with van der Waals surface area (Å²) in [6, 6.07) is 14.9. The van der Waals surface area contributed by atoms with E-state index in [1.54, 1.807) is 6.07 Å². The predicted molar refractivity (Wildman–Crippen MR) is 78.6 cm³/mol. The Morgan fingerprint density at radius 3 is 2.35 bits per heavy atom. The normalized spacial score (nSPS) is 16.7. The molecule has 1 saturated carbocycles. The van der Waals surface area contributed by atoms with Crippen molar-refractivity contribution >= 4 is 0 Å². The molecule has 3 N–H and O–H groups in total. The van der Waals surface area contributed by atoms with Crippen molar-refractivity contribution in [1.82, 2.24) is 5.43 Å². The molecule has 2 aromatic carbocycles. The maximum Gasteiger partial charge on any atom is 0.123 e. The molecular formula is C17H19FN2. The monoisotopic (exact) mass is 270 g/mol. The van der Waals surface area contributed by atoms with Crippen molar-refractivity contribution in [2.75, 3.05) is 0 Å². The fourth-order valence-electron chi connectivity index (χ4n) is 2.81. The molecule has 3 heteroatoms. The van der Waals surface area contributed by atoms with Crippen LogP contribution in [0.3, 0.4) is 0 Å². The highest BCUT2D eigenvalue weighted by atomic mass is 19.1. The quantitative estimate of drug-likeness (QED) is 0.657. The van der Waals surface area contributed by atoms with Gasteiger partial charge < -0.3 is 0 Å². The second-order valence-electron chi connectivity index (χ2n) is 5.45. The fraction of sp³-hybridized carbons (Fsp3) is 0.294. The lowest BCUT2D eigenvalue weighted by atomic mass is 9.79. The number of nitrogens with one attached hydrogen (secondary N) is 1. The second kappa shape index (κ2) is 5.73. The summed E-state index contributed by atoms with van der Waals surface area (Å²) < 4.78 is 13.4. The number of nitrogens with two attached hydrogens (primary N) is 1. The fourth-order valence-corrected chi connectivity index (χ4v) is 2.81. The Balaban J connectivity index is 1.92. The van der Waals surface area contributed by atoms with E-state index in [-0.39, 0.29) is 11.9 Å². The van der Waals surface area contributed by atoms with Crippen molar-refractivity contribution in [3.05, 3.63) is 71.0 Å². The van der Waals surface area contributed by atoms with Gasteiger partial charge in [0, 0.05) is 0 Å². The van der Waals surface area contributed by atoms with Crippen molar-refractivity contribution in [1.29, 1.82) is 0 Å². The van der Waals surface area contributed by atoms with E-state index in [1.807, 2.05) is 12.1 Å². The zero-order chi connectivity index (χ0) is 13.9. The number of halogens is 1. The third-order valence-electron chi connectivity index (χ3n) is 4.17. The van der Waals surface area contributed by atoms with Gasteiger partial charge in [0.15, 0.2) is 0 Å². The first-order valence-electron chi connectivity index (χ1n) is 7.09. The van der Waals surface area contributed by atoms with Crippen LogP contribution in [0.15, 0.2) is 48.5 Å². The van der Waals surface area contributed by atoms with E-state index in [9.17, 15) is 4.39 Å². The molecule has 1 aliphatic carbocycles. The van der Waals surface area contributed by atoms with Gasteiger partial charge in [-0.05, 0) is 47.6 Å². The Labute approximate surface area is 118 Å². The molecule has 0 spiro atoms. The van der Waals surface area contributed by atoms with Gasteiger partial charge in [-0.15, -0.1) is 0 Å². The summed E-state index contributed by atoms with van der Waals surface area (Å²) in [7, 11) is 0. The van der Waals surface area contributed by atoms with Gasteiger partial charge in [-0.1, -0.05) is 42.8 Å². The molecule has 104 valence electrons. The number of hydrogen-bond donors (Lipinski definition) is 2. The Morgan fingerprint density at radius 2 is 1.75 bits per heavy atom. The number of rotatable bonds is 4. The summed E-state index contributed by atoms with van der Waals surface area (Å²) in [4.78, 5) is 0. The van der Waals surface area contributed by atoms with Crippen LogP contribution in [0, 0.1) is 5.82 Å². The van der Waals surface area contributed by atoms with Gasteiger partial charge >= 0.3 is 0 Å². The molecule has 0 aliphatic heterocycles. The molecule has 3 rings (SSSR count). The van der Waals surface area contributed by atoms with Gasteiger partial charge in [-0.3, -0.25) is 5.84 Å². The van der Waals surface area contributed by atoms with Crippen molar-refractivity contribution in [2.45, 2.75) is 31.2 Å². The van der Waals surface area contributed by atoms with Crippen LogP contribution < -0.4 is 11.3 Å². The van der Waals surface area contributed by atoms with Crippen molar-refractivity contribution < 1.29 is 4.39 Å². The first-order chi connectivity index (χ1) is 9.78. The third kappa shape index (κ3) is 2.60. The molecule has 2 nitrogen and oxygen atoms in total. The molecule has 1 fully saturated rings. The minimum Gasteiger partial charge on any atom is -0.271 e. The Morgan fingerprint density at radius 1 is 1.05 bits per heavy atom. The largest absolute Gasteiger partial charge is 0.271 e. The highest BCUT2D eigenvalue weighted by Gasteiger charge is 2.21. The van der Waals surface area contributed by atoms with Crippen LogP contribution in [-0.4, -0.2) is 0 Å². The van der Waals surface area contributed by atoms with Gasteiger partial charge in [0.25, 0.3) is 0 Å². The number of benzene rings is 2. The minimum absolute atomic E-state index is 0.175. The molecule has 0 bridgehead atoms. The molecule has 2 aromatic rings. The summed E-state index contributed by atoms with van der Waals surface area (Å²) in [6.45, 7) is 0. The van der Waals surface area contributed by atoms with Crippen LogP contribution in [0.2, 0.25) is 0 Å². The highest BCUT2D eigenvalue weighted by molar-refractivity contribution is 5.36. The number of hydrazine groups is 1. The topological polar surface area (TPSA) is 38.0 Å². The number of hydrogen-bond acceptors (Lipinski definition) is 2. The molecule has 1 aliphatic rings. The lowest BCUT2D eigenvalue weighted by molar-refractivity contribution is 0.419. The average Bonchev–Trinajstić information content (AvgIpc) is 2.38. The molecule has 0 saturated heterocycles. The van der Waals surface area contributed by atoms with E-state index >= 15 is 0 Å². The van der Waals surface area contributed by atoms with Gasteiger partial charge in [0.1, 0.15) is 5.82 Å². The predicted octanol–water partition coefficient (Wildman–Crippen LogP) is 3.65. The van der Waals surface area contributed by atoms with Crippen molar-refractivity contribution in [2.24, 2.45) is 5.84 Å². The molecule has 1 atom stereocenters. The molecular weight excluding hydrogens is 251 g/mol. The second-order valence-corrected chi connectivity index (χ2v) is 5.45. The van der Waals surface area contributed by atoms with Crippen molar-refractivity contribution in [3.63, 3.8) is 0 Å². The van der Waals surface area contributed by atoms with E-state index in [0.29, 0.717) is 5.92 Å². The van der Waals surface area contributed by atoms with Crippen LogP contribution in [0.1, 0.15) is 47.9 Å². The van der Waals surface area contributed by atoms with Gasteiger partial charge in [-0.2, -0.15) is 0 Å².